The zero-order valence-corrected chi connectivity index (χ0v) is 22.2. The predicted octanol–water partition coefficient (Wildman–Crippen LogP) is 4.08. The van der Waals surface area contributed by atoms with E-state index < -0.39 is 6.10 Å². The molecule has 0 bridgehead atoms. The lowest BCUT2D eigenvalue weighted by molar-refractivity contribution is -0.107. The maximum absolute atomic E-state index is 12.4. The van der Waals surface area contributed by atoms with Crippen LogP contribution in [0, 0.1) is 0 Å². The molecule has 0 fully saturated rings. The second-order valence-electron chi connectivity index (χ2n) is 8.72. The van der Waals surface area contributed by atoms with Gasteiger partial charge in [-0.1, -0.05) is 35.2 Å². The Kier molecular flexibility index (Phi) is 8.98. The Morgan fingerprint density at radius 3 is 2.68 bits per heavy atom. The molecule has 0 amide bonds. The summed E-state index contributed by atoms with van der Waals surface area (Å²) in [6, 6.07) is 14.3. The number of hydrogen-bond acceptors (Lipinski definition) is 9. The van der Waals surface area contributed by atoms with E-state index in [1.807, 2.05) is 31.2 Å². The third-order valence-corrected chi connectivity index (χ3v) is 6.88. The average molecular weight is 536 g/mol. The van der Waals surface area contributed by atoms with E-state index in [0.29, 0.717) is 34.1 Å². The van der Waals surface area contributed by atoms with Gasteiger partial charge in [-0.2, -0.15) is 0 Å². The molecular weight excluding hydrogens is 506 g/mol. The minimum Gasteiger partial charge on any atom is -0.497 e. The quantitative estimate of drug-likeness (QED) is 0.271. The molecule has 2 unspecified atom stereocenters. The van der Waals surface area contributed by atoms with Gasteiger partial charge in [0.2, 0.25) is 5.12 Å². The van der Waals surface area contributed by atoms with Crippen molar-refractivity contribution in [2.24, 2.45) is 0 Å². The van der Waals surface area contributed by atoms with Crippen molar-refractivity contribution in [3.05, 3.63) is 89.0 Å². The van der Waals surface area contributed by atoms with Gasteiger partial charge in [-0.25, -0.2) is 4.68 Å². The molecule has 0 saturated heterocycles. The molecule has 0 saturated carbocycles. The Hall–Kier alpha value is -3.89. The van der Waals surface area contributed by atoms with Crippen LogP contribution in [0.1, 0.15) is 35.5 Å². The molecule has 38 heavy (non-hydrogen) atoms. The van der Waals surface area contributed by atoms with Gasteiger partial charge in [-0.15, -0.1) is 5.10 Å². The van der Waals surface area contributed by atoms with Crippen LogP contribution >= 0.6 is 11.8 Å². The van der Waals surface area contributed by atoms with E-state index in [-0.39, 0.29) is 35.9 Å². The first-order valence-corrected chi connectivity index (χ1v) is 12.9. The van der Waals surface area contributed by atoms with E-state index >= 15 is 0 Å². The van der Waals surface area contributed by atoms with Gasteiger partial charge in [0.25, 0.3) is 0 Å². The van der Waals surface area contributed by atoms with Gasteiger partial charge in [-0.3, -0.25) is 9.59 Å². The normalized spacial score (nSPS) is 16.2. The number of aliphatic hydroxyl groups excluding tert-OH is 1. The van der Waals surface area contributed by atoms with Crippen molar-refractivity contribution < 1.29 is 28.9 Å². The largest absolute Gasteiger partial charge is 0.497 e. The Morgan fingerprint density at radius 2 is 1.97 bits per heavy atom. The first-order chi connectivity index (χ1) is 18.3. The number of rotatable bonds is 12. The highest BCUT2D eigenvalue weighted by Crippen LogP contribution is 2.34. The SMILES string of the molecule is COc1ccc(C(=O)/C=C/c2cccc(OCc3cn(CC(O)COC4=C(C)C(=O)SC4C)nn3)c2)cc1. The first kappa shape index (κ1) is 27.2. The number of nitrogens with zero attached hydrogens (tertiary/aromatic N) is 3. The smallest absolute Gasteiger partial charge is 0.219 e. The van der Waals surface area contributed by atoms with E-state index in [4.69, 9.17) is 14.2 Å². The molecule has 1 aromatic heterocycles. The average Bonchev–Trinajstić information content (AvgIpc) is 3.47. The molecular formula is C28H29N3O6S. The van der Waals surface area contributed by atoms with Gasteiger partial charge in [0.05, 0.1) is 25.1 Å². The molecule has 2 heterocycles. The van der Waals surface area contributed by atoms with E-state index in [1.165, 1.54) is 22.5 Å². The van der Waals surface area contributed by atoms with E-state index in [2.05, 4.69) is 10.3 Å². The summed E-state index contributed by atoms with van der Waals surface area (Å²) in [6.45, 7) is 4.07. The summed E-state index contributed by atoms with van der Waals surface area (Å²) in [7, 11) is 1.58. The summed E-state index contributed by atoms with van der Waals surface area (Å²) in [5, 5.41) is 18.4. The fourth-order valence-electron chi connectivity index (χ4n) is 3.77. The van der Waals surface area contributed by atoms with Gasteiger partial charge < -0.3 is 19.3 Å². The topological polar surface area (TPSA) is 113 Å². The minimum absolute atomic E-state index is 0.00603. The molecule has 0 radical (unpaired) electrons. The lowest BCUT2D eigenvalue weighted by Gasteiger charge is -2.15. The molecule has 198 valence electrons. The van der Waals surface area contributed by atoms with Crippen molar-refractivity contribution in [1.29, 1.82) is 0 Å². The van der Waals surface area contributed by atoms with Crippen LogP contribution in [-0.4, -0.2) is 56.1 Å². The minimum atomic E-state index is -0.817. The number of carbonyl (C=O) groups excluding carboxylic acids is 2. The Balaban J connectivity index is 1.26. The van der Waals surface area contributed by atoms with Gasteiger partial charge >= 0.3 is 0 Å². The van der Waals surface area contributed by atoms with E-state index in [1.54, 1.807) is 50.6 Å². The van der Waals surface area contributed by atoms with Crippen LogP contribution < -0.4 is 9.47 Å². The summed E-state index contributed by atoms with van der Waals surface area (Å²) in [5.41, 5.74) is 2.58. The first-order valence-electron chi connectivity index (χ1n) is 12.0. The fourth-order valence-corrected chi connectivity index (χ4v) is 4.72. The molecule has 2 atom stereocenters. The van der Waals surface area contributed by atoms with Gasteiger partial charge in [-0.05, 0) is 61.9 Å². The van der Waals surface area contributed by atoms with Crippen LogP contribution in [0.5, 0.6) is 11.5 Å². The fraction of sp³-hybridized carbons (Fsp3) is 0.286. The highest BCUT2D eigenvalue weighted by atomic mass is 32.2. The van der Waals surface area contributed by atoms with Gasteiger partial charge in [0, 0.05) is 11.1 Å². The number of carbonyl (C=O) groups is 2. The van der Waals surface area contributed by atoms with Crippen molar-refractivity contribution in [2.75, 3.05) is 13.7 Å². The summed E-state index contributed by atoms with van der Waals surface area (Å²) < 4.78 is 18.2. The number of benzene rings is 2. The van der Waals surface area contributed by atoms with Gasteiger partial charge in [0.1, 0.15) is 42.3 Å². The summed E-state index contributed by atoms with van der Waals surface area (Å²) in [4.78, 5) is 24.2. The molecule has 1 aliphatic heterocycles. The zero-order chi connectivity index (χ0) is 27.1. The number of ketones is 1. The predicted molar refractivity (Wildman–Crippen MR) is 144 cm³/mol. The van der Waals surface area contributed by atoms with Crippen LogP contribution in [0.4, 0.5) is 0 Å². The number of hydrogen-bond donors (Lipinski definition) is 1. The third kappa shape index (κ3) is 7.11. The second kappa shape index (κ2) is 12.6. The molecule has 9 nitrogen and oxygen atoms in total. The molecule has 1 aliphatic rings. The maximum Gasteiger partial charge on any atom is 0.219 e. The van der Waals surface area contributed by atoms with Crippen molar-refractivity contribution in [3.8, 4) is 11.5 Å². The standard InChI is InChI=1S/C28H29N3O6S/c1-18-27(19(2)38-28(18)34)37-17-23(32)15-31-14-22(29-30-31)16-36-25-6-4-5-20(13-25)7-12-26(33)21-8-10-24(35-3)11-9-21/h4-14,19,23,32H,15-17H2,1-3H3/b12-7+. The van der Waals surface area contributed by atoms with Crippen LogP contribution in [0.2, 0.25) is 0 Å². The second-order valence-corrected chi connectivity index (χ2v) is 10.0. The number of thioether (sulfide) groups is 1. The maximum atomic E-state index is 12.4. The van der Waals surface area contributed by atoms with E-state index in [9.17, 15) is 14.7 Å². The molecule has 2 aromatic carbocycles. The molecule has 3 aromatic rings. The summed E-state index contributed by atoms with van der Waals surface area (Å²) >= 11 is 1.22. The van der Waals surface area contributed by atoms with Crippen molar-refractivity contribution in [2.45, 2.75) is 38.4 Å². The number of aliphatic hydroxyl groups is 1. The zero-order valence-electron chi connectivity index (χ0n) is 21.4. The number of ether oxygens (including phenoxy) is 3. The Bertz CT molecular complexity index is 1350. The van der Waals surface area contributed by atoms with Crippen LogP contribution in [-0.2, 0) is 22.7 Å². The lowest BCUT2D eigenvalue weighted by Crippen LogP contribution is -2.23. The number of allylic oxidation sites excluding steroid dienone is 1. The highest BCUT2D eigenvalue weighted by molar-refractivity contribution is 8.15. The van der Waals surface area contributed by atoms with Crippen LogP contribution in [0.3, 0.4) is 0 Å². The summed E-state index contributed by atoms with van der Waals surface area (Å²) in [6.07, 6.45) is 4.13. The monoisotopic (exact) mass is 535 g/mol. The highest BCUT2D eigenvalue weighted by Gasteiger charge is 2.29. The van der Waals surface area contributed by atoms with E-state index in [0.717, 1.165) is 5.56 Å². The molecule has 1 N–H and O–H groups in total. The third-order valence-electron chi connectivity index (χ3n) is 5.79. The van der Waals surface area contributed by atoms with Crippen molar-refractivity contribution >= 4 is 28.7 Å². The molecule has 4 rings (SSSR count). The summed E-state index contributed by atoms with van der Waals surface area (Å²) in [5.74, 6) is 1.82. The molecule has 10 heteroatoms. The van der Waals surface area contributed by atoms with Crippen LogP contribution in [0.25, 0.3) is 6.08 Å². The van der Waals surface area contributed by atoms with Gasteiger partial charge in [0.15, 0.2) is 5.78 Å². The van der Waals surface area contributed by atoms with Crippen molar-refractivity contribution in [3.63, 3.8) is 0 Å². The Labute approximate surface area is 225 Å². The molecule has 0 spiro atoms. The Morgan fingerprint density at radius 1 is 1.18 bits per heavy atom. The lowest BCUT2D eigenvalue weighted by atomic mass is 10.1. The molecule has 0 aliphatic carbocycles. The number of aromatic nitrogens is 3. The van der Waals surface area contributed by atoms with Crippen molar-refractivity contribution in [1.82, 2.24) is 15.0 Å². The number of methoxy groups -OCH3 is 1. The van der Waals surface area contributed by atoms with Crippen LogP contribution in [0.15, 0.2) is 72.1 Å².